The molecule has 0 radical (unpaired) electrons. The van der Waals surface area contributed by atoms with E-state index in [1.807, 2.05) is 0 Å². The fourth-order valence-electron chi connectivity index (χ4n) is 2.51. The molecule has 19 heavy (non-hydrogen) atoms. The second-order valence-corrected chi connectivity index (χ2v) is 5.39. The maximum Gasteiger partial charge on any atom is 0.229 e. The summed E-state index contributed by atoms with van der Waals surface area (Å²) in [4.78, 5) is 13.8. The Bertz CT molecular complexity index is 388. The summed E-state index contributed by atoms with van der Waals surface area (Å²) in [5.41, 5.74) is 1.40. The van der Waals surface area contributed by atoms with Gasteiger partial charge >= 0.3 is 0 Å². The van der Waals surface area contributed by atoms with Gasteiger partial charge < -0.3 is 10.2 Å². The summed E-state index contributed by atoms with van der Waals surface area (Å²) >= 11 is 3.98. The first-order valence-electron chi connectivity index (χ1n) is 6.94. The van der Waals surface area contributed by atoms with Crippen LogP contribution in [-0.4, -0.2) is 42.2 Å². The van der Waals surface area contributed by atoms with Crippen LogP contribution >= 0.6 is 12.6 Å². The average molecular weight is 278 g/mol. The van der Waals surface area contributed by atoms with Crippen molar-refractivity contribution in [1.29, 1.82) is 0 Å². The summed E-state index contributed by atoms with van der Waals surface area (Å²) in [6, 6.07) is 10.9. The molecule has 2 rings (SSSR count). The lowest BCUT2D eigenvalue weighted by Gasteiger charge is -2.32. The minimum Gasteiger partial charge on any atom is -0.353 e. The first-order valence-corrected chi connectivity index (χ1v) is 7.57. The van der Waals surface area contributed by atoms with Crippen LogP contribution in [0.3, 0.4) is 0 Å². The van der Waals surface area contributed by atoms with E-state index < -0.39 is 0 Å². The van der Waals surface area contributed by atoms with Crippen LogP contribution in [0.25, 0.3) is 0 Å². The summed E-state index contributed by atoms with van der Waals surface area (Å²) in [5, 5.41) is 3.02. The maximum absolute atomic E-state index is 11.3. The summed E-state index contributed by atoms with van der Waals surface area (Å²) < 4.78 is 0. The van der Waals surface area contributed by atoms with E-state index in [0.717, 1.165) is 38.9 Å². The molecule has 1 saturated heterocycles. The number of hydrogen-bond acceptors (Lipinski definition) is 3. The van der Waals surface area contributed by atoms with Gasteiger partial charge in [0.25, 0.3) is 0 Å². The molecule has 3 nitrogen and oxygen atoms in total. The molecule has 1 aromatic rings. The number of thiol groups is 1. The molecule has 0 atom stereocenters. The van der Waals surface area contributed by atoms with Crippen molar-refractivity contribution >= 4 is 18.5 Å². The molecule has 0 unspecified atom stereocenters. The van der Waals surface area contributed by atoms with E-state index in [1.54, 1.807) is 0 Å². The predicted octanol–water partition coefficient (Wildman–Crippen LogP) is 1.74. The Morgan fingerprint density at radius 2 is 1.95 bits per heavy atom. The lowest BCUT2D eigenvalue weighted by Crippen LogP contribution is -2.45. The van der Waals surface area contributed by atoms with E-state index in [1.165, 1.54) is 5.56 Å². The molecule has 1 heterocycles. The number of carbonyl (C=O) groups is 1. The zero-order valence-corrected chi connectivity index (χ0v) is 12.1. The normalized spacial score (nSPS) is 17.3. The Morgan fingerprint density at radius 3 is 2.58 bits per heavy atom. The minimum absolute atomic E-state index is 0.0473. The minimum atomic E-state index is 0.0473. The molecule has 1 N–H and O–H groups in total. The lowest BCUT2D eigenvalue weighted by atomic mass is 10.0. The third-order valence-corrected chi connectivity index (χ3v) is 3.94. The molecule has 1 amide bonds. The quantitative estimate of drug-likeness (QED) is 0.804. The van der Waals surface area contributed by atoms with E-state index in [9.17, 15) is 4.79 Å². The fraction of sp³-hybridized carbons (Fsp3) is 0.533. The molecule has 0 aliphatic carbocycles. The van der Waals surface area contributed by atoms with Crippen LogP contribution in [0.2, 0.25) is 0 Å². The van der Waals surface area contributed by atoms with Gasteiger partial charge in [-0.15, -0.1) is 0 Å². The molecule has 1 fully saturated rings. The van der Waals surface area contributed by atoms with Crippen LogP contribution in [-0.2, 0) is 11.2 Å². The zero-order valence-electron chi connectivity index (χ0n) is 11.2. The van der Waals surface area contributed by atoms with Crippen LogP contribution < -0.4 is 5.32 Å². The molecule has 0 saturated carbocycles. The first kappa shape index (κ1) is 14.4. The summed E-state index contributed by atoms with van der Waals surface area (Å²) in [6.07, 6.45) is 3.21. The highest BCUT2D eigenvalue weighted by atomic mass is 32.1. The van der Waals surface area contributed by atoms with Gasteiger partial charge in [-0.1, -0.05) is 30.3 Å². The van der Waals surface area contributed by atoms with E-state index in [0.29, 0.717) is 6.04 Å². The smallest absolute Gasteiger partial charge is 0.229 e. The molecule has 1 aliphatic heterocycles. The first-order chi connectivity index (χ1) is 9.28. The van der Waals surface area contributed by atoms with Gasteiger partial charge in [0.15, 0.2) is 0 Å². The average Bonchev–Trinajstić information content (AvgIpc) is 2.47. The third kappa shape index (κ3) is 4.88. The summed E-state index contributed by atoms with van der Waals surface area (Å²) in [6.45, 7) is 3.26. The van der Waals surface area contributed by atoms with Crippen LogP contribution in [0.5, 0.6) is 0 Å². The Labute approximate surface area is 120 Å². The maximum atomic E-state index is 11.3. The largest absolute Gasteiger partial charge is 0.353 e. The van der Waals surface area contributed by atoms with Gasteiger partial charge in [0, 0.05) is 25.7 Å². The van der Waals surface area contributed by atoms with Crippen LogP contribution in [0.4, 0.5) is 0 Å². The lowest BCUT2D eigenvalue weighted by molar-refractivity contribution is -0.119. The highest BCUT2D eigenvalue weighted by Gasteiger charge is 2.19. The molecule has 104 valence electrons. The molecule has 1 aliphatic rings. The number of carbonyl (C=O) groups excluding carboxylic acids is 1. The number of amides is 1. The number of nitrogens with one attached hydrogen (secondary N) is 1. The van der Waals surface area contributed by atoms with E-state index in [2.05, 4.69) is 53.2 Å². The standard InChI is InChI=1S/C15H22N2OS/c18-15(12-19)16-14-7-10-17(11-8-14)9-6-13-4-2-1-3-5-13/h1-5,14,19H,6-12H2,(H,16,18). The van der Waals surface area contributed by atoms with Crippen LogP contribution in [0, 0.1) is 0 Å². The Kier molecular flexibility index (Phi) is 5.73. The third-order valence-electron chi connectivity index (χ3n) is 3.66. The highest BCUT2D eigenvalue weighted by molar-refractivity contribution is 7.81. The number of benzene rings is 1. The van der Waals surface area contributed by atoms with Crippen molar-refractivity contribution in [2.75, 3.05) is 25.4 Å². The van der Waals surface area contributed by atoms with Gasteiger partial charge in [-0.3, -0.25) is 4.79 Å². The van der Waals surface area contributed by atoms with Crippen molar-refractivity contribution in [1.82, 2.24) is 10.2 Å². The molecular weight excluding hydrogens is 256 g/mol. The molecule has 1 aromatic carbocycles. The second kappa shape index (κ2) is 7.56. The van der Waals surface area contributed by atoms with Crippen molar-refractivity contribution < 1.29 is 4.79 Å². The summed E-state index contributed by atoms with van der Waals surface area (Å²) in [5.74, 6) is 0.333. The van der Waals surface area contributed by atoms with Crippen LogP contribution in [0.15, 0.2) is 30.3 Å². The highest BCUT2D eigenvalue weighted by Crippen LogP contribution is 2.11. The fourth-order valence-corrected chi connectivity index (χ4v) is 2.60. The number of nitrogens with zero attached hydrogens (tertiary/aromatic N) is 1. The predicted molar refractivity (Wildman–Crippen MR) is 81.6 cm³/mol. The van der Waals surface area contributed by atoms with Gasteiger partial charge in [-0.05, 0) is 24.8 Å². The Morgan fingerprint density at radius 1 is 1.26 bits per heavy atom. The number of rotatable bonds is 5. The van der Waals surface area contributed by atoms with Gasteiger partial charge in [0.05, 0.1) is 5.75 Å². The summed E-state index contributed by atoms with van der Waals surface area (Å²) in [7, 11) is 0. The second-order valence-electron chi connectivity index (χ2n) is 5.08. The number of piperidine rings is 1. The molecule has 0 spiro atoms. The van der Waals surface area contributed by atoms with Crippen LogP contribution in [0.1, 0.15) is 18.4 Å². The molecular formula is C15H22N2OS. The Balaban J connectivity index is 1.67. The Hall–Kier alpha value is -1.00. The van der Waals surface area contributed by atoms with Crippen molar-refractivity contribution in [3.63, 3.8) is 0 Å². The SMILES string of the molecule is O=C(CS)NC1CCN(CCc2ccccc2)CC1. The van der Waals surface area contributed by atoms with Gasteiger partial charge in [-0.2, -0.15) is 12.6 Å². The molecule has 0 aromatic heterocycles. The van der Waals surface area contributed by atoms with E-state index >= 15 is 0 Å². The topological polar surface area (TPSA) is 32.3 Å². The molecule has 4 heteroatoms. The van der Waals surface area contributed by atoms with Crippen molar-refractivity contribution in [3.8, 4) is 0 Å². The van der Waals surface area contributed by atoms with E-state index in [-0.39, 0.29) is 11.7 Å². The zero-order chi connectivity index (χ0) is 13.5. The van der Waals surface area contributed by atoms with Gasteiger partial charge in [0.1, 0.15) is 0 Å². The van der Waals surface area contributed by atoms with Crippen molar-refractivity contribution in [2.24, 2.45) is 0 Å². The monoisotopic (exact) mass is 278 g/mol. The van der Waals surface area contributed by atoms with Crippen molar-refractivity contribution in [3.05, 3.63) is 35.9 Å². The van der Waals surface area contributed by atoms with Gasteiger partial charge in [-0.25, -0.2) is 0 Å². The number of likely N-dealkylation sites (tertiary alicyclic amines) is 1. The van der Waals surface area contributed by atoms with Crippen molar-refractivity contribution in [2.45, 2.75) is 25.3 Å². The molecule has 0 bridgehead atoms. The van der Waals surface area contributed by atoms with E-state index in [4.69, 9.17) is 0 Å². The van der Waals surface area contributed by atoms with Gasteiger partial charge in [0.2, 0.25) is 5.91 Å². The number of hydrogen-bond donors (Lipinski definition) is 2.